The number of hydrogen-bond acceptors (Lipinski definition) is 6. The summed E-state index contributed by atoms with van der Waals surface area (Å²) in [5, 5.41) is 4.16. The minimum atomic E-state index is -3.79. The van der Waals surface area contributed by atoms with Gasteiger partial charge >= 0.3 is 12.0 Å². The highest BCUT2D eigenvalue weighted by molar-refractivity contribution is 7.92. The third-order valence-electron chi connectivity index (χ3n) is 4.56. The number of esters is 1. The first-order valence-corrected chi connectivity index (χ1v) is 10.7. The lowest BCUT2D eigenvalue weighted by molar-refractivity contribution is -0.123. The van der Waals surface area contributed by atoms with Gasteiger partial charge in [-0.1, -0.05) is 18.2 Å². The van der Waals surface area contributed by atoms with Crippen molar-refractivity contribution in [3.8, 4) is 0 Å². The molecule has 2 aromatic rings. The van der Waals surface area contributed by atoms with Crippen molar-refractivity contribution in [3.63, 3.8) is 0 Å². The second-order valence-electron chi connectivity index (χ2n) is 6.54. The van der Waals surface area contributed by atoms with Crippen LogP contribution in [0.4, 0.5) is 10.5 Å². The third-order valence-corrected chi connectivity index (χ3v) is 6.39. The van der Waals surface area contributed by atoms with Gasteiger partial charge < -0.3 is 10.1 Å². The molecule has 1 aliphatic heterocycles. The molecule has 0 spiro atoms. The molecule has 3 amide bonds. The second-order valence-corrected chi connectivity index (χ2v) is 8.40. The number of fused-ring (bicyclic) bond motifs is 1. The average Bonchev–Trinajstić information content (AvgIpc) is 2.77. The minimum absolute atomic E-state index is 0.0492. The fourth-order valence-corrected chi connectivity index (χ4v) is 4.62. The van der Waals surface area contributed by atoms with Crippen molar-refractivity contribution in [2.75, 3.05) is 24.5 Å². The number of amides is 3. The smallest absolute Gasteiger partial charge is 0.338 e. The highest BCUT2D eigenvalue weighted by Crippen LogP contribution is 2.31. The van der Waals surface area contributed by atoms with Gasteiger partial charge in [0.1, 0.15) is 0 Å². The number of rotatable bonds is 5. The highest BCUT2D eigenvalue weighted by atomic mass is 32.2. The lowest BCUT2D eigenvalue weighted by atomic mass is 10.0. The molecular formula is C20H21N3O6S. The van der Waals surface area contributed by atoms with Gasteiger partial charge in [-0.25, -0.2) is 18.0 Å². The SMILES string of the molecule is CNC(=O)NC(=O)COC(=O)c1ccc(S(=O)(=O)N2CCCc3ccccc32)cc1. The molecule has 0 radical (unpaired) electrons. The van der Waals surface area contributed by atoms with Crippen molar-refractivity contribution >= 4 is 33.6 Å². The third kappa shape index (κ3) is 4.60. The van der Waals surface area contributed by atoms with Crippen molar-refractivity contribution in [2.45, 2.75) is 17.7 Å². The van der Waals surface area contributed by atoms with Crippen LogP contribution in [-0.2, 0) is 26.0 Å². The molecule has 0 saturated heterocycles. The number of benzene rings is 2. The predicted octanol–water partition coefficient (Wildman–Crippen LogP) is 1.44. The van der Waals surface area contributed by atoms with Crippen LogP contribution in [0.5, 0.6) is 0 Å². The van der Waals surface area contributed by atoms with E-state index in [4.69, 9.17) is 4.74 Å². The van der Waals surface area contributed by atoms with Gasteiger partial charge in [-0.3, -0.25) is 14.4 Å². The molecule has 3 rings (SSSR count). The van der Waals surface area contributed by atoms with E-state index < -0.39 is 34.5 Å². The van der Waals surface area contributed by atoms with E-state index in [0.717, 1.165) is 18.4 Å². The van der Waals surface area contributed by atoms with Crippen LogP contribution in [-0.4, -0.2) is 46.5 Å². The first-order valence-electron chi connectivity index (χ1n) is 9.22. The fraction of sp³-hybridized carbons (Fsp3) is 0.250. The summed E-state index contributed by atoms with van der Waals surface area (Å²) < 4.78 is 32.4. The monoisotopic (exact) mass is 431 g/mol. The number of urea groups is 1. The maximum Gasteiger partial charge on any atom is 0.338 e. The highest BCUT2D eigenvalue weighted by Gasteiger charge is 2.29. The maximum atomic E-state index is 13.1. The first-order chi connectivity index (χ1) is 14.3. The van der Waals surface area contributed by atoms with Crippen molar-refractivity contribution in [2.24, 2.45) is 0 Å². The van der Waals surface area contributed by atoms with Gasteiger partial charge in [-0.2, -0.15) is 0 Å². The molecule has 0 fully saturated rings. The van der Waals surface area contributed by atoms with Gasteiger partial charge in [0.15, 0.2) is 6.61 Å². The van der Waals surface area contributed by atoms with Gasteiger partial charge in [0.2, 0.25) is 0 Å². The van der Waals surface area contributed by atoms with Gasteiger partial charge in [-0.15, -0.1) is 0 Å². The quantitative estimate of drug-likeness (QED) is 0.691. The number of carbonyl (C=O) groups is 3. The Hall–Kier alpha value is -3.40. The topological polar surface area (TPSA) is 122 Å². The molecule has 1 heterocycles. The predicted molar refractivity (Wildman–Crippen MR) is 109 cm³/mol. The van der Waals surface area contributed by atoms with Crippen molar-refractivity contribution in [1.29, 1.82) is 0 Å². The van der Waals surface area contributed by atoms with Crippen molar-refractivity contribution < 1.29 is 27.5 Å². The van der Waals surface area contributed by atoms with Crippen LogP contribution in [0.15, 0.2) is 53.4 Å². The Morgan fingerprint density at radius 1 is 1.07 bits per heavy atom. The van der Waals surface area contributed by atoms with Crippen LogP contribution < -0.4 is 14.9 Å². The number of sulfonamides is 1. The largest absolute Gasteiger partial charge is 0.452 e. The number of para-hydroxylation sites is 1. The van der Waals surface area contributed by atoms with E-state index in [9.17, 15) is 22.8 Å². The Morgan fingerprint density at radius 2 is 1.77 bits per heavy atom. The molecule has 30 heavy (non-hydrogen) atoms. The Labute approximate surface area is 174 Å². The molecule has 9 nitrogen and oxygen atoms in total. The normalized spacial score (nSPS) is 13.2. The van der Waals surface area contributed by atoms with E-state index in [1.165, 1.54) is 35.6 Å². The lowest BCUT2D eigenvalue weighted by Crippen LogP contribution is -2.39. The summed E-state index contributed by atoms with van der Waals surface area (Å²) in [7, 11) is -2.45. The lowest BCUT2D eigenvalue weighted by Gasteiger charge is -2.30. The van der Waals surface area contributed by atoms with E-state index in [2.05, 4.69) is 5.32 Å². The van der Waals surface area contributed by atoms with Gasteiger partial charge in [0, 0.05) is 13.6 Å². The van der Waals surface area contributed by atoms with E-state index >= 15 is 0 Å². The van der Waals surface area contributed by atoms with Crippen LogP contribution in [0, 0.1) is 0 Å². The first kappa shape index (κ1) is 21.3. The molecule has 158 valence electrons. The number of aryl methyl sites for hydroxylation is 1. The summed E-state index contributed by atoms with van der Waals surface area (Å²) in [6.07, 6.45) is 1.54. The number of imide groups is 1. The molecule has 10 heteroatoms. The number of anilines is 1. The summed E-state index contributed by atoms with van der Waals surface area (Å²) in [6.45, 7) is -0.263. The maximum absolute atomic E-state index is 13.1. The fourth-order valence-electron chi connectivity index (χ4n) is 3.08. The van der Waals surface area contributed by atoms with Crippen molar-refractivity contribution in [1.82, 2.24) is 10.6 Å². The zero-order valence-corrected chi connectivity index (χ0v) is 17.1. The molecule has 2 N–H and O–H groups in total. The summed E-state index contributed by atoms with van der Waals surface area (Å²) in [4.78, 5) is 34.6. The molecule has 2 aromatic carbocycles. The Balaban J connectivity index is 1.70. The number of hydrogen-bond donors (Lipinski definition) is 2. The Morgan fingerprint density at radius 3 is 2.47 bits per heavy atom. The summed E-state index contributed by atoms with van der Waals surface area (Å²) in [6, 6.07) is 11.9. The number of nitrogens with one attached hydrogen (secondary N) is 2. The number of ether oxygens (including phenoxy) is 1. The van der Waals surface area contributed by atoms with E-state index in [-0.39, 0.29) is 10.5 Å². The number of carbonyl (C=O) groups excluding carboxylic acids is 3. The summed E-state index contributed by atoms with van der Waals surface area (Å²) in [5.41, 5.74) is 1.72. The standard InChI is InChI=1S/C20H21N3O6S/c1-21-20(26)22-18(24)13-29-19(25)15-8-10-16(11-9-15)30(27,28)23-12-4-6-14-5-2-3-7-17(14)23/h2-3,5,7-11H,4,6,12-13H2,1H3,(H2,21,22,24,26). The summed E-state index contributed by atoms with van der Waals surface area (Å²) in [5.74, 6) is -1.60. The van der Waals surface area contributed by atoms with Crippen molar-refractivity contribution in [3.05, 3.63) is 59.7 Å². The number of nitrogens with zero attached hydrogens (tertiary/aromatic N) is 1. The zero-order chi connectivity index (χ0) is 21.7. The van der Waals surface area contributed by atoms with E-state index in [1.807, 2.05) is 17.4 Å². The molecule has 0 atom stereocenters. The minimum Gasteiger partial charge on any atom is -0.452 e. The second kappa shape index (κ2) is 8.95. The molecule has 0 aromatic heterocycles. The molecule has 0 unspecified atom stereocenters. The summed E-state index contributed by atoms with van der Waals surface area (Å²) >= 11 is 0. The van der Waals surface area contributed by atoms with Gasteiger partial charge in [0.05, 0.1) is 16.1 Å². The van der Waals surface area contributed by atoms with E-state index in [0.29, 0.717) is 12.2 Å². The van der Waals surface area contributed by atoms with Gasteiger partial charge in [0.25, 0.3) is 15.9 Å². The molecule has 0 aliphatic carbocycles. The Bertz CT molecular complexity index is 1070. The zero-order valence-electron chi connectivity index (χ0n) is 16.3. The van der Waals surface area contributed by atoms with Crippen LogP contribution in [0.2, 0.25) is 0 Å². The Kier molecular flexibility index (Phi) is 6.36. The average molecular weight is 431 g/mol. The van der Waals surface area contributed by atoms with E-state index in [1.54, 1.807) is 12.1 Å². The van der Waals surface area contributed by atoms with Crippen LogP contribution in [0.1, 0.15) is 22.3 Å². The molecule has 0 saturated carbocycles. The van der Waals surface area contributed by atoms with Crippen LogP contribution >= 0.6 is 0 Å². The molecule has 0 bridgehead atoms. The molecule has 1 aliphatic rings. The van der Waals surface area contributed by atoms with Crippen LogP contribution in [0.3, 0.4) is 0 Å². The molecular weight excluding hydrogens is 410 g/mol. The van der Waals surface area contributed by atoms with Crippen LogP contribution in [0.25, 0.3) is 0 Å². The van der Waals surface area contributed by atoms with Gasteiger partial charge in [-0.05, 0) is 48.7 Å².